The maximum Gasteiger partial charge on any atom is 0.0721 e. The molecule has 0 radical (unpaired) electrons. The molecular formula is C12H17NO. The molecule has 1 rings (SSSR count). The van der Waals surface area contributed by atoms with Crippen molar-refractivity contribution in [2.75, 3.05) is 6.61 Å². The molecule has 0 aliphatic rings. The van der Waals surface area contributed by atoms with Gasteiger partial charge in [-0.25, -0.2) is 0 Å². The van der Waals surface area contributed by atoms with E-state index in [1.54, 1.807) is 0 Å². The second-order valence-electron chi connectivity index (χ2n) is 3.29. The monoisotopic (exact) mass is 191 g/mol. The molecule has 76 valence electrons. The minimum atomic E-state index is 0.107. The summed E-state index contributed by atoms with van der Waals surface area (Å²) >= 11 is 0. The summed E-state index contributed by atoms with van der Waals surface area (Å²) in [4.78, 5) is 0. The van der Waals surface area contributed by atoms with Crippen LogP contribution < -0.4 is 5.73 Å². The maximum absolute atomic E-state index is 5.54. The largest absolute Gasteiger partial charge is 0.373 e. The van der Waals surface area contributed by atoms with Gasteiger partial charge in [-0.05, 0) is 12.5 Å². The zero-order chi connectivity index (χ0) is 10.2. The zero-order valence-corrected chi connectivity index (χ0v) is 8.52. The Morgan fingerprint density at radius 3 is 2.71 bits per heavy atom. The molecule has 1 aromatic rings. The summed E-state index contributed by atoms with van der Waals surface area (Å²) in [7, 11) is 0. The van der Waals surface area contributed by atoms with Gasteiger partial charge in [-0.2, -0.15) is 0 Å². The van der Waals surface area contributed by atoms with Crippen LogP contribution in [0.3, 0.4) is 0 Å². The molecule has 2 nitrogen and oxygen atoms in total. The highest BCUT2D eigenvalue weighted by molar-refractivity contribution is 5.13. The van der Waals surface area contributed by atoms with E-state index in [1.807, 2.05) is 37.3 Å². The molecule has 2 heteroatoms. The first-order valence-corrected chi connectivity index (χ1v) is 4.83. The second-order valence-corrected chi connectivity index (χ2v) is 3.29. The van der Waals surface area contributed by atoms with Gasteiger partial charge in [0.05, 0.1) is 13.2 Å². The van der Waals surface area contributed by atoms with E-state index in [4.69, 9.17) is 10.5 Å². The second kappa shape index (κ2) is 6.35. The minimum Gasteiger partial charge on any atom is -0.373 e. The molecule has 0 unspecified atom stereocenters. The molecule has 0 bridgehead atoms. The smallest absolute Gasteiger partial charge is 0.0721 e. The van der Waals surface area contributed by atoms with Crippen molar-refractivity contribution in [3.8, 4) is 0 Å². The zero-order valence-electron chi connectivity index (χ0n) is 8.52. The van der Waals surface area contributed by atoms with Crippen molar-refractivity contribution in [2.45, 2.75) is 19.6 Å². The Balaban J connectivity index is 2.16. The van der Waals surface area contributed by atoms with Gasteiger partial charge in [0.1, 0.15) is 0 Å². The molecule has 0 spiro atoms. The molecule has 2 N–H and O–H groups in total. The average Bonchev–Trinajstić information content (AvgIpc) is 2.18. The van der Waals surface area contributed by atoms with Crippen LogP contribution in [-0.4, -0.2) is 12.6 Å². The summed E-state index contributed by atoms with van der Waals surface area (Å²) in [6.45, 7) is 3.22. The molecule has 0 aliphatic heterocycles. The minimum absolute atomic E-state index is 0.107. The number of ether oxygens (including phenoxy) is 1. The number of hydrogen-bond donors (Lipinski definition) is 1. The first kappa shape index (κ1) is 11.0. The van der Waals surface area contributed by atoms with Crippen LogP contribution >= 0.6 is 0 Å². The summed E-state index contributed by atoms with van der Waals surface area (Å²) in [5.41, 5.74) is 6.74. The van der Waals surface area contributed by atoms with Gasteiger partial charge in [-0.3, -0.25) is 0 Å². The first-order valence-electron chi connectivity index (χ1n) is 4.83. The molecule has 1 atom stereocenters. The summed E-state index contributed by atoms with van der Waals surface area (Å²) in [6, 6.07) is 10.2. The average molecular weight is 191 g/mol. The summed E-state index contributed by atoms with van der Waals surface area (Å²) < 4.78 is 5.43. The van der Waals surface area contributed by atoms with Crippen molar-refractivity contribution in [1.82, 2.24) is 0 Å². The molecule has 0 aliphatic carbocycles. The molecule has 0 heterocycles. The van der Waals surface area contributed by atoms with Crippen LogP contribution in [-0.2, 0) is 11.3 Å². The molecular weight excluding hydrogens is 174 g/mol. The fourth-order valence-electron chi connectivity index (χ4n) is 1.09. The lowest BCUT2D eigenvalue weighted by molar-refractivity contribution is 0.148. The normalized spacial score (nSPS) is 13.3. The number of nitrogens with two attached hydrogens (primary N) is 1. The molecule has 0 fully saturated rings. The van der Waals surface area contributed by atoms with Crippen LogP contribution in [0.4, 0.5) is 0 Å². The van der Waals surface area contributed by atoms with E-state index in [0.29, 0.717) is 13.2 Å². The van der Waals surface area contributed by atoms with Crippen LogP contribution in [0.15, 0.2) is 42.5 Å². The van der Waals surface area contributed by atoms with Gasteiger partial charge in [-0.1, -0.05) is 42.5 Å². The van der Waals surface area contributed by atoms with E-state index in [0.717, 1.165) is 0 Å². The third-order valence-electron chi connectivity index (χ3n) is 1.77. The van der Waals surface area contributed by atoms with E-state index >= 15 is 0 Å². The fourth-order valence-corrected chi connectivity index (χ4v) is 1.09. The topological polar surface area (TPSA) is 35.2 Å². The van der Waals surface area contributed by atoms with Gasteiger partial charge in [0, 0.05) is 6.04 Å². The Kier molecular flexibility index (Phi) is 4.97. The van der Waals surface area contributed by atoms with E-state index in [1.165, 1.54) is 5.56 Å². The van der Waals surface area contributed by atoms with Gasteiger partial charge in [-0.15, -0.1) is 0 Å². The molecule has 0 aromatic heterocycles. The predicted octanol–water partition coefficient (Wildman–Crippen LogP) is 2.11. The highest BCUT2D eigenvalue weighted by Gasteiger charge is 1.89. The van der Waals surface area contributed by atoms with Crippen molar-refractivity contribution in [1.29, 1.82) is 0 Å². The summed E-state index contributed by atoms with van der Waals surface area (Å²) in [5, 5.41) is 0. The lowest BCUT2D eigenvalue weighted by atomic mass is 10.2. The Bertz CT molecular complexity index is 267. The Hall–Kier alpha value is -1.12. The highest BCUT2D eigenvalue weighted by Crippen LogP contribution is 2.00. The van der Waals surface area contributed by atoms with Crippen molar-refractivity contribution < 1.29 is 4.74 Å². The van der Waals surface area contributed by atoms with Crippen LogP contribution in [0.1, 0.15) is 12.5 Å². The third-order valence-corrected chi connectivity index (χ3v) is 1.77. The molecule has 14 heavy (non-hydrogen) atoms. The van der Waals surface area contributed by atoms with Crippen molar-refractivity contribution in [3.05, 3.63) is 48.0 Å². The van der Waals surface area contributed by atoms with Gasteiger partial charge in [0.15, 0.2) is 0 Å². The maximum atomic E-state index is 5.54. The van der Waals surface area contributed by atoms with E-state index < -0.39 is 0 Å². The standard InChI is InChI=1S/C12H17NO/c1-11(13)6-5-9-14-10-12-7-3-2-4-8-12/h2-8,11H,9-10,13H2,1H3/t11-/m1/s1. The van der Waals surface area contributed by atoms with Crippen LogP contribution in [0.2, 0.25) is 0 Å². The van der Waals surface area contributed by atoms with Crippen LogP contribution in [0.5, 0.6) is 0 Å². The van der Waals surface area contributed by atoms with Gasteiger partial charge >= 0.3 is 0 Å². The van der Waals surface area contributed by atoms with Crippen LogP contribution in [0.25, 0.3) is 0 Å². The molecule has 0 saturated carbocycles. The Labute approximate surface area is 85.4 Å². The van der Waals surface area contributed by atoms with Crippen molar-refractivity contribution in [2.24, 2.45) is 5.73 Å². The van der Waals surface area contributed by atoms with Crippen molar-refractivity contribution >= 4 is 0 Å². The summed E-state index contributed by atoms with van der Waals surface area (Å²) in [6.07, 6.45) is 3.89. The first-order chi connectivity index (χ1) is 6.79. The lowest BCUT2D eigenvalue weighted by Gasteiger charge is -2.01. The van der Waals surface area contributed by atoms with Gasteiger partial charge in [0.25, 0.3) is 0 Å². The van der Waals surface area contributed by atoms with Gasteiger partial charge < -0.3 is 10.5 Å². The van der Waals surface area contributed by atoms with Gasteiger partial charge in [0.2, 0.25) is 0 Å². The Morgan fingerprint density at radius 1 is 1.36 bits per heavy atom. The highest BCUT2D eigenvalue weighted by atomic mass is 16.5. The predicted molar refractivity (Wildman–Crippen MR) is 58.9 cm³/mol. The van der Waals surface area contributed by atoms with Crippen LogP contribution in [0, 0.1) is 0 Å². The molecule has 0 saturated heterocycles. The molecule has 1 aromatic carbocycles. The fraction of sp³-hybridized carbons (Fsp3) is 0.333. The SMILES string of the molecule is C[C@@H](N)C=CCOCc1ccccc1. The van der Waals surface area contributed by atoms with E-state index in [2.05, 4.69) is 12.1 Å². The Morgan fingerprint density at radius 2 is 2.07 bits per heavy atom. The van der Waals surface area contributed by atoms with Crippen molar-refractivity contribution in [3.63, 3.8) is 0 Å². The third kappa shape index (κ3) is 4.80. The number of hydrogen-bond acceptors (Lipinski definition) is 2. The number of rotatable bonds is 5. The van der Waals surface area contributed by atoms with E-state index in [9.17, 15) is 0 Å². The van der Waals surface area contributed by atoms with E-state index in [-0.39, 0.29) is 6.04 Å². The summed E-state index contributed by atoms with van der Waals surface area (Å²) in [5.74, 6) is 0. The molecule has 0 amide bonds. The quantitative estimate of drug-likeness (QED) is 0.571. The number of benzene rings is 1. The lowest BCUT2D eigenvalue weighted by Crippen LogP contribution is -2.10.